The predicted octanol–water partition coefficient (Wildman–Crippen LogP) is 4.09. The summed E-state index contributed by atoms with van der Waals surface area (Å²) in [6.45, 7) is 5.88. The molecule has 1 N–H and O–H groups in total. The van der Waals surface area contributed by atoms with Crippen LogP contribution in [-0.2, 0) is 9.59 Å². The number of hydrogen-bond donors (Lipinski definition) is 1. The molecule has 1 fully saturated rings. The number of benzene rings is 1. The van der Waals surface area contributed by atoms with Crippen molar-refractivity contribution >= 4 is 17.5 Å². The molecule has 0 radical (unpaired) electrons. The number of amides is 2. The van der Waals surface area contributed by atoms with Gasteiger partial charge in [0.25, 0.3) is 0 Å². The first-order chi connectivity index (χ1) is 12.6. The first-order valence-electron chi connectivity index (χ1n) is 9.83. The highest BCUT2D eigenvalue weighted by Gasteiger charge is 2.32. The van der Waals surface area contributed by atoms with Crippen LogP contribution in [0.5, 0.6) is 5.75 Å². The summed E-state index contributed by atoms with van der Waals surface area (Å²) in [7, 11) is 1.60. The summed E-state index contributed by atoms with van der Waals surface area (Å²) in [5.41, 5.74) is 0.704. The van der Waals surface area contributed by atoms with Gasteiger partial charge in [-0.15, -0.1) is 0 Å². The Balaban J connectivity index is 1.89. The molecular weight excluding hydrogens is 328 g/mol. The second-order valence-electron chi connectivity index (χ2n) is 7.06. The van der Waals surface area contributed by atoms with Crippen molar-refractivity contribution in [3.05, 3.63) is 24.3 Å². The third-order valence-electron chi connectivity index (χ3n) is 5.11. The van der Waals surface area contributed by atoms with Crippen molar-refractivity contribution < 1.29 is 14.3 Å². The van der Waals surface area contributed by atoms with Gasteiger partial charge in [0.1, 0.15) is 5.75 Å². The predicted molar refractivity (Wildman–Crippen MR) is 104 cm³/mol. The minimum atomic E-state index is -0.0326. The van der Waals surface area contributed by atoms with Crippen LogP contribution in [0.1, 0.15) is 52.4 Å². The molecule has 5 nitrogen and oxygen atoms in total. The molecule has 26 heavy (non-hydrogen) atoms. The molecule has 0 bridgehead atoms. The number of anilines is 1. The Morgan fingerprint density at radius 1 is 1.04 bits per heavy atom. The lowest BCUT2D eigenvalue weighted by Crippen LogP contribution is -2.39. The van der Waals surface area contributed by atoms with Crippen molar-refractivity contribution in [2.45, 2.75) is 52.4 Å². The largest absolute Gasteiger partial charge is 0.495 e. The van der Waals surface area contributed by atoms with E-state index in [1.54, 1.807) is 7.11 Å². The van der Waals surface area contributed by atoms with E-state index >= 15 is 0 Å². The second-order valence-corrected chi connectivity index (χ2v) is 7.06. The highest BCUT2D eigenvalue weighted by atomic mass is 16.5. The number of carbonyl (C=O) groups excluding carboxylic acids is 2. The molecule has 2 amide bonds. The Morgan fingerprint density at radius 2 is 1.62 bits per heavy atom. The Labute approximate surface area is 157 Å². The topological polar surface area (TPSA) is 58.6 Å². The molecule has 1 saturated carbocycles. The molecule has 1 aliphatic carbocycles. The highest BCUT2D eigenvalue weighted by Crippen LogP contribution is 2.32. The van der Waals surface area contributed by atoms with Crippen LogP contribution >= 0.6 is 0 Å². The van der Waals surface area contributed by atoms with E-state index in [-0.39, 0.29) is 23.7 Å². The fraction of sp³-hybridized carbons (Fsp3) is 0.619. The van der Waals surface area contributed by atoms with Crippen molar-refractivity contribution in [1.29, 1.82) is 0 Å². The number of carbonyl (C=O) groups is 2. The van der Waals surface area contributed by atoms with Gasteiger partial charge >= 0.3 is 0 Å². The lowest BCUT2D eigenvalue weighted by Gasteiger charge is -2.31. The number of methoxy groups -OCH3 is 1. The molecule has 0 atom stereocenters. The van der Waals surface area contributed by atoms with Gasteiger partial charge < -0.3 is 15.0 Å². The minimum absolute atomic E-state index is 0.0272. The van der Waals surface area contributed by atoms with E-state index in [1.807, 2.05) is 29.2 Å². The molecule has 1 aromatic carbocycles. The number of nitrogens with one attached hydrogen (secondary N) is 1. The minimum Gasteiger partial charge on any atom is -0.495 e. The van der Waals surface area contributed by atoms with E-state index in [1.165, 1.54) is 0 Å². The number of ether oxygens (including phenoxy) is 1. The molecule has 0 unspecified atom stereocenters. The number of nitrogens with zero attached hydrogens (tertiary/aromatic N) is 1. The second kappa shape index (κ2) is 10.2. The third-order valence-corrected chi connectivity index (χ3v) is 5.11. The molecular formula is C21H32N2O3. The van der Waals surface area contributed by atoms with Crippen LogP contribution < -0.4 is 10.1 Å². The van der Waals surface area contributed by atoms with E-state index in [0.717, 1.165) is 51.6 Å². The van der Waals surface area contributed by atoms with Crippen LogP contribution in [0.3, 0.4) is 0 Å². The summed E-state index contributed by atoms with van der Waals surface area (Å²) in [6, 6.07) is 7.44. The summed E-state index contributed by atoms with van der Waals surface area (Å²) in [6.07, 6.45) is 5.11. The SMILES string of the molecule is CCCN(CCC)C(=O)C1CCC(C(=O)Nc2ccccc2OC)CC1. The smallest absolute Gasteiger partial charge is 0.227 e. The lowest BCUT2D eigenvalue weighted by atomic mass is 9.80. The van der Waals surface area contributed by atoms with Crippen molar-refractivity contribution in [2.75, 3.05) is 25.5 Å². The van der Waals surface area contributed by atoms with Crippen LogP contribution in [0.2, 0.25) is 0 Å². The zero-order valence-electron chi connectivity index (χ0n) is 16.3. The van der Waals surface area contributed by atoms with E-state index in [2.05, 4.69) is 19.2 Å². The number of rotatable bonds is 8. The van der Waals surface area contributed by atoms with Crippen LogP contribution in [-0.4, -0.2) is 36.9 Å². The first kappa shape index (κ1) is 20.3. The normalized spacial score (nSPS) is 19.7. The monoisotopic (exact) mass is 360 g/mol. The van der Waals surface area contributed by atoms with Gasteiger partial charge in [-0.05, 0) is 50.7 Å². The summed E-state index contributed by atoms with van der Waals surface area (Å²) in [5, 5.41) is 2.98. The Hall–Kier alpha value is -2.04. The zero-order valence-corrected chi connectivity index (χ0v) is 16.3. The van der Waals surface area contributed by atoms with Crippen LogP contribution in [0.25, 0.3) is 0 Å². The van der Waals surface area contributed by atoms with Crippen molar-refractivity contribution in [1.82, 2.24) is 4.90 Å². The fourth-order valence-electron chi connectivity index (χ4n) is 3.72. The van der Waals surface area contributed by atoms with E-state index in [9.17, 15) is 9.59 Å². The first-order valence-corrected chi connectivity index (χ1v) is 9.83. The maximum absolute atomic E-state index is 12.7. The van der Waals surface area contributed by atoms with Crippen LogP contribution in [0.15, 0.2) is 24.3 Å². The Kier molecular flexibility index (Phi) is 7.95. The fourth-order valence-corrected chi connectivity index (χ4v) is 3.72. The van der Waals surface area contributed by atoms with E-state index in [4.69, 9.17) is 4.74 Å². The van der Waals surface area contributed by atoms with Gasteiger partial charge in [-0.1, -0.05) is 26.0 Å². The Bertz CT molecular complexity index is 589. The Morgan fingerprint density at radius 3 is 2.19 bits per heavy atom. The number of para-hydroxylation sites is 2. The standard InChI is InChI=1S/C21H32N2O3/c1-4-14-23(15-5-2)21(25)17-12-10-16(11-13-17)20(24)22-18-8-6-7-9-19(18)26-3/h6-9,16-17H,4-5,10-15H2,1-3H3,(H,22,24). The van der Waals surface area contributed by atoms with Crippen molar-refractivity contribution in [3.8, 4) is 5.75 Å². The van der Waals surface area contributed by atoms with Crippen LogP contribution in [0, 0.1) is 11.8 Å². The van der Waals surface area contributed by atoms with Gasteiger partial charge in [-0.3, -0.25) is 9.59 Å². The van der Waals surface area contributed by atoms with Gasteiger partial charge in [0.15, 0.2) is 0 Å². The van der Waals surface area contributed by atoms with Gasteiger partial charge in [0, 0.05) is 24.9 Å². The molecule has 144 valence electrons. The summed E-state index contributed by atoms with van der Waals surface area (Å²) >= 11 is 0. The van der Waals surface area contributed by atoms with Gasteiger partial charge in [0.05, 0.1) is 12.8 Å². The summed E-state index contributed by atoms with van der Waals surface area (Å²) in [4.78, 5) is 27.3. The lowest BCUT2D eigenvalue weighted by molar-refractivity contribution is -0.138. The molecule has 1 aromatic rings. The van der Waals surface area contributed by atoms with Crippen LogP contribution in [0.4, 0.5) is 5.69 Å². The van der Waals surface area contributed by atoms with E-state index in [0.29, 0.717) is 11.4 Å². The molecule has 0 spiro atoms. The molecule has 0 aromatic heterocycles. The van der Waals surface area contributed by atoms with Crippen molar-refractivity contribution in [2.24, 2.45) is 11.8 Å². The third kappa shape index (κ3) is 5.23. The average Bonchev–Trinajstić information content (AvgIpc) is 2.67. The van der Waals surface area contributed by atoms with Gasteiger partial charge in [-0.25, -0.2) is 0 Å². The molecule has 1 aliphatic rings. The molecule has 0 saturated heterocycles. The highest BCUT2D eigenvalue weighted by molar-refractivity contribution is 5.94. The molecule has 5 heteroatoms. The maximum Gasteiger partial charge on any atom is 0.227 e. The summed E-state index contributed by atoms with van der Waals surface area (Å²) in [5.74, 6) is 1.01. The zero-order chi connectivity index (χ0) is 18.9. The summed E-state index contributed by atoms with van der Waals surface area (Å²) < 4.78 is 5.29. The maximum atomic E-state index is 12.7. The van der Waals surface area contributed by atoms with Gasteiger partial charge in [-0.2, -0.15) is 0 Å². The average molecular weight is 360 g/mol. The number of hydrogen-bond acceptors (Lipinski definition) is 3. The molecule has 0 aliphatic heterocycles. The van der Waals surface area contributed by atoms with E-state index < -0.39 is 0 Å². The quantitative estimate of drug-likeness (QED) is 0.760. The van der Waals surface area contributed by atoms with Crippen molar-refractivity contribution in [3.63, 3.8) is 0 Å². The molecule has 2 rings (SSSR count). The molecule has 0 heterocycles. The van der Waals surface area contributed by atoms with Gasteiger partial charge in [0.2, 0.25) is 11.8 Å².